The highest BCUT2D eigenvalue weighted by atomic mass is 35.5. The molecule has 0 bridgehead atoms. The number of hydrogen-bond acceptors (Lipinski definition) is 4. The third-order valence-corrected chi connectivity index (χ3v) is 4.38. The van der Waals surface area contributed by atoms with Gasteiger partial charge >= 0.3 is 5.97 Å². The standard InChI is InChI=1S/C15H15ClFNO2S/c1-20-15(19)8-13(14-3-2-6-21-14)18-9-10-4-5-11(17)7-12(10)16/h2-7,13,18H,8-9H2,1H3. The van der Waals surface area contributed by atoms with Crippen molar-refractivity contribution in [3.05, 3.63) is 57.0 Å². The molecule has 1 unspecified atom stereocenters. The summed E-state index contributed by atoms with van der Waals surface area (Å²) in [6, 6.07) is 8.00. The topological polar surface area (TPSA) is 38.3 Å². The van der Waals surface area contributed by atoms with Crippen LogP contribution in [0, 0.1) is 5.82 Å². The van der Waals surface area contributed by atoms with Gasteiger partial charge in [0.05, 0.1) is 19.6 Å². The van der Waals surface area contributed by atoms with Crippen LogP contribution in [0.1, 0.15) is 22.9 Å². The molecule has 1 atom stereocenters. The number of rotatable bonds is 6. The highest BCUT2D eigenvalue weighted by molar-refractivity contribution is 7.10. The van der Waals surface area contributed by atoms with Gasteiger partial charge in [-0.1, -0.05) is 23.7 Å². The first-order valence-corrected chi connectivity index (χ1v) is 7.63. The number of carbonyl (C=O) groups is 1. The molecule has 0 aliphatic carbocycles. The van der Waals surface area contributed by atoms with Crippen molar-refractivity contribution in [2.45, 2.75) is 19.0 Å². The molecule has 0 aliphatic rings. The summed E-state index contributed by atoms with van der Waals surface area (Å²) in [7, 11) is 1.37. The molecule has 0 radical (unpaired) electrons. The lowest BCUT2D eigenvalue weighted by Crippen LogP contribution is -2.23. The Balaban J connectivity index is 2.06. The minimum absolute atomic E-state index is 0.154. The molecule has 0 fully saturated rings. The fraction of sp³-hybridized carbons (Fsp3) is 0.267. The average Bonchev–Trinajstić information content (AvgIpc) is 2.98. The monoisotopic (exact) mass is 327 g/mol. The summed E-state index contributed by atoms with van der Waals surface area (Å²) in [4.78, 5) is 12.5. The second kappa shape index (κ2) is 7.54. The van der Waals surface area contributed by atoms with Crippen molar-refractivity contribution in [2.24, 2.45) is 0 Å². The van der Waals surface area contributed by atoms with E-state index in [4.69, 9.17) is 16.3 Å². The zero-order chi connectivity index (χ0) is 15.2. The van der Waals surface area contributed by atoms with Crippen molar-refractivity contribution in [1.82, 2.24) is 5.32 Å². The van der Waals surface area contributed by atoms with Crippen LogP contribution in [0.25, 0.3) is 0 Å². The summed E-state index contributed by atoms with van der Waals surface area (Å²) in [5, 5.41) is 5.58. The maximum atomic E-state index is 13.0. The number of thiophene rings is 1. The molecule has 3 nitrogen and oxygen atoms in total. The predicted octanol–water partition coefficient (Wildman–Crippen LogP) is 3.93. The van der Waals surface area contributed by atoms with Crippen molar-refractivity contribution >= 4 is 28.9 Å². The van der Waals surface area contributed by atoms with Gasteiger partial charge in [-0.05, 0) is 29.1 Å². The molecule has 2 rings (SSSR count). The van der Waals surface area contributed by atoms with Gasteiger partial charge < -0.3 is 10.1 Å². The molecule has 0 saturated carbocycles. The van der Waals surface area contributed by atoms with Gasteiger partial charge in [0, 0.05) is 16.4 Å². The Morgan fingerprint density at radius 1 is 1.48 bits per heavy atom. The van der Waals surface area contributed by atoms with E-state index in [-0.39, 0.29) is 24.2 Å². The number of methoxy groups -OCH3 is 1. The van der Waals surface area contributed by atoms with Crippen molar-refractivity contribution < 1.29 is 13.9 Å². The number of halogens is 2. The summed E-state index contributed by atoms with van der Waals surface area (Å²) in [6.07, 6.45) is 0.232. The van der Waals surface area contributed by atoms with Crippen LogP contribution < -0.4 is 5.32 Å². The van der Waals surface area contributed by atoms with Crippen LogP contribution in [0.5, 0.6) is 0 Å². The molecule has 0 spiro atoms. The predicted molar refractivity (Wildman–Crippen MR) is 81.9 cm³/mol. The molecule has 6 heteroatoms. The Morgan fingerprint density at radius 3 is 2.90 bits per heavy atom. The number of esters is 1. The summed E-state index contributed by atoms with van der Waals surface area (Å²) in [6.45, 7) is 0.443. The Morgan fingerprint density at radius 2 is 2.29 bits per heavy atom. The normalized spacial score (nSPS) is 12.1. The molecule has 2 aromatic rings. The molecule has 0 aliphatic heterocycles. The molecule has 1 heterocycles. The Hall–Kier alpha value is -1.43. The van der Waals surface area contributed by atoms with Gasteiger partial charge in [0.25, 0.3) is 0 Å². The first kappa shape index (κ1) is 15.9. The molecule has 1 aromatic heterocycles. The average molecular weight is 328 g/mol. The molecule has 1 N–H and O–H groups in total. The van der Waals surface area contributed by atoms with Crippen LogP contribution in [-0.4, -0.2) is 13.1 Å². The van der Waals surface area contributed by atoms with Gasteiger partial charge in [0.1, 0.15) is 5.82 Å². The van der Waals surface area contributed by atoms with E-state index in [1.807, 2.05) is 17.5 Å². The maximum absolute atomic E-state index is 13.0. The minimum Gasteiger partial charge on any atom is -0.469 e. The van der Waals surface area contributed by atoms with Crippen LogP contribution in [0.4, 0.5) is 4.39 Å². The minimum atomic E-state index is -0.367. The molecule has 21 heavy (non-hydrogen) atoms. The van der Waals surface area contributed by atoms with Crippen LogP contribution in [0.15, 0.2) is 35.7 Å². The zero-order valence-electron chi connectivity index (χ0n) is 11.4. The van der Waals surface area contributed by atoms with E-state index in [2.05, 4.69) is 5.32 Å². The third-order valence-electron chi connectivity index (χ3n) is 3.04. The lowest BCUT2D eigenvalue weighted by atomic mass is 10.1. The number of benzene rings is 1. The second-order valence-corrected chi connectivity index (χ2v) is 5.85. The molecular formula is C15H15ClFNO2S. The van der Waals surface area contributed by atoms with E-state index < -0.39 is 0 Å². The molecular weight excluding hydrogens is 313 g/mol. The fourth-order valence-corrected chi connectivity index (χ4v) is 2.95. The van der Waals surface area contributed by atoms with E-state index in [9.17, 15) is 9.18 Å². The van der Waals surface area contributed by atoms with E-state index in [1.54, 1.807) is 17.4 Å². The molecule has 112 valence electrons. The van der Waals surface area contributed by atoms with Crippen molar-refractivity contribution in [1.29, 1.82) is 0 Å². The third kappa shape index (κ3) is 4.52. The zero-order valence-corrected chi connectivity index (χ0v) is 13.0. The van der Waals surface area contributed by atoms with Crippen molar-refractivity contribution in [3.63, 3.8) is 0 Å². The van der Waals surface area contributed by atoms with Gasteiger partial charge in [-0.25, -0.2) is 4.39 Å². The molecule has 0 saturated heterocycles. The van der Waals surface area contributed by atoms with E-state index in [0.717, 1.165) is 10.4 Å². The largest absolute Gasteiger partial charge is 0.469 e. The van der Waals surface area contributed by atoms with E-state index >= 15 is 0 Å². The van der Waals surface area contributed by atoms with E-state index in [1.165, 1.54) is 19.2 Å². The number of hydrogen-bond donors (Lipinski definition) is 1. The van der Waals surface area contributed by atoms with Crippen molar-refractivity contribution in [2.75, 3.05) is 7.11 Å². The van der Waals surface area contributed by atoms with Crippen LogP contribution in [0.2, 0.25) is 5.02 Å². The molecule has 1 aromatic carbocycles. The number of ether oxygens (including phenoxy) is 1. The first-order chi connectivity index (χ1) is 10.1. The summed E-state index contributed by atoms with van der Waals surface area (Å²) < 4.78 is 17.7. The van der Waals surface area contributed by atoms with Crippen LogP contribution in [-0.2, 0) is 16.1 Å². The summed E-state index contributed by atoms with van der Waals surface area (Å²) in [5.41, 5.74) is 0.782. The SMILES string of the molecule is COC(=O)CC(NCc1ccc(F)cc1Cl)c1cccs1. The summed E-state index contributed by atoms with van der Waals surface area (Å²) in [5.74, 6) is -0.653. The van der Waals surface area contributed by atoms with Crippen molar-refractivity contribution in [3.8, 4) is 0 Å². The van der Waals surface area contributed by atoms with Crippen LogP contribution in [0.3, 0.4) is 0 Å². The first-order valence-electron chi connectivity index (χ1n) is 6.37. The quantitative estimate of drug-likeness (QED) is 0.817. The van der Waals surface area contributed by atoms with Gasteiger partial charge in [0.2, 0.25) is 0 Å². The Labute approximate surface area is 131 Å². The molecule has 0 amide bonds. The van der Waals surface area contributed by atoms with Gasteiger partial charge in [-0.15, -0.1) is 11.3 Å². The van der Waals surface area contributed by atoms with E-state index in [0.29, 0.717) is 11.6 Å². The van der Waals surface area contributed by atoms with Gasteiger partial charge in [-0.2, -0.15) is 0 Å². The van der Waals surface area contributed by atoms with Gasteiger partial charge in [-0.3, -0.25) is 4.79 Å². The fourth-order valence-electron chi connectivity index (χ4n) is 1.91. The lowest BCUT2D eigenvalue weighted by Gasteiger charge is -2.17. The lowest BCUT2D eigenvalue weighted by molar-refractivity contribution is -0.141. The Bertz CT molecular complexity index is 604. The summed E-state index contributed by atoms with van der Waals surface area (Å²) >= 11 is 7.56. The Kier molecular flexibility index (Phi) is 5.73. The van der Waals surface area contributed by atoms with Gasteiger partial charge in [0.15, 0.2) is 0 Å². The highest BCUT2D eigenvalue weighted by Crippen LogP contribution is 2.24. The van der Waals surface area contributed by atoms with Crippen LogP contribution >= 0.6 is 22.9 Å². The second-order valence-electron chi connectivity index (χ2n) is 4.46. The highest BCUT2D eigenvalue weighted by Gasteiger charge is 2.17. The smallest absolute Gasteiger partial charge is 0.307 e. The number of nitrogens with one attached hydrogen (secondary N) is 1. The number of carbonyl (C=O) groups excluding carboxylic acids is 1. The maximum Gasteiger partial charge on any atom is 0.307 e.